The van der Waals surface area contributed by atoms with Gasteiger partial charge in [0.05, 0.1) is 23.5 Å². The van der Waals surface area contributed by atoms with E-state index in [9.17, 15) is 10.1 Å². The summed E-state index contributed by atoms with van der Waals surface area (Å²) in [5.41, 5.74) is 1.95. The fourth-order valence-electron chi connectivity index (χ4n) is 2.41. The fourth-order valence-corrected chi connectivity index (χ4v) is 2.79. The molecule has 0 bridgehead atoms. The van der Waals surface area contributed by atoms with Gasteiger partial charge in [0.15, 0.2) is 0 Å². The Morgan fingerprint density at radius 1 is 1.15 bits per heavy atom. The zero-order valence-corrected chi connectivity index (χ0v) is 15.6. The van der Waals surface area contributed by atoms with Crippen molar-refractivity contribution >= 4 is 40.9 Å². The lowest BCUT2D eigenvalue weighted by atomic mass is 10.2. The van der Waals surface area contributed by atoms with Gasteiger partial charge in [-0.1, -0.05) is 53.5 Å². The molecule has 0 unspecified atom stereocenters. The largest absolute Gasteiger partial charge is 0.320 e. The van der Waals surface area contributed by atoms with E-state index >= 15 is 0 Å². The molecular weight excluding hydrogens is 383 g/mol. The van der Waals surface area contributed by atoms with E-state index in [-0.39, 0.29) is 5.57 Å². The van der Waals surface area contributed by atoms with Crippen LogP contribution < -0.4 is 5.32 Å². The van der Waals surface area contributed by atoms with Crippen LogP contribution in [0, 0.1) is 11.3 Å². The minimum atomic E-state index is -0.538. The molecule has 1 heterocycles. The molecule has 7 heteroatoms. The Morgan fingerprint density at radius 2 is 1.85 bits per heavy atom. The molecule has 0 aliphatic heterocycles. The molecule has 134 valence electrons. The van der Waals surface area contributed by atoms with Gasteiger partial charge >= 0.3 is 0 Å². The van der Waals surface area contributed by atoms with Crippen molar-refractivity contribution in [2.24, 2.45) is 0 Å². The minimum Gasteiger partial charge on any atom is -0.320 e. The minimum absolute atomic E-state index is 0.0489. The molecule has 0 radical (unpaired) electrons. The summed E-state index contributed by atoms with van der Waals surface area (Å²) in [6, 6.07) is 16.2. The van der Waals surface area contributed by atoms with E-state index in [1.165, 1.54) is 6.08 Å². The van der Waals surface area contributed by atoms with Crippen molar-refractivity contribution in [1.82, 2.24) is 9.78 Å². The van der Waals surface area contributed by atoms with Gasteiger partial charge in [0.2, 0.25) is 0 Å². The van der Waals surface area contributed by atoms with Gasteiger partial charge in [-0.25, -0.2) is 0 Å². The van der Waals surface area contributed by atoms with E-state index in [4.69, 9.17) is 23.2 Å². The maximum absolute atomic E-state index is 12.3. The summed E-state index contributed by atoms with van der Waals surface area (Å²) in [5, 5.41) is 17.3. The third-order valence-electron chi connectivity index (χ3n) is 3.74. The Labute approximate surface area is 166 Å². The maximum Gasteiger partial charge on any atom is 0.266 e. The van der Waals surface area contributed by atoms with Crippen LogP contribution in [0.5, 0.6) is 0 Å². The van der Waals surface area contributed by atoms with Crippen LogP contribution in [0.3, 0.4) is 0 Å². The number of nitrogens with zero attached hydrogens (tertiary/aromatic N) is 3. The molecule has 27 heavy (non-hydrogen) atoms. The SMILES string of the molecule is N#C/C(=C\c1cnn(Cc2ccccc2Cl)c1)C(=O)Nc1ccccc1Cl. The highest BCUT2D eigenvalue weighted by molar-refractivity contribution is 6.34. The molecular formula is C20H14Cl2N4O. The molecule has 0 atom stereocenters. The summed E-state index contributed by atoms with van der Waals surface area (Å²) in [6.45, 7) is 0.487. The number of carbonyl (C=O) groups excluding carboxylic acids is 1. The standard InChI is InChI=1S/C20H14Cl2N4O/c21-17-6-2-1-5-15(17)13-26-12-14(11-24-26)9-16(10-23)20(27)25-19-8-4-3-7-18(19)22/h1-9,11-12H,13H2,(H,25,27)/b16-9+. The third-order valence-corrected chi connectivity index (χ3v) is 4.44. The Balaban J connectivity index is 1.75. The summed E-state index contributed by atoms with van der Waals surface area (Å²) in [6.07, 6.45) is 4.79. The monoisotopic (exact) mass is 396 g/mol. The van der Waals surface area contributed by atoms with Crippen LogP contribution in [0.4, 0.5) is 5.69 Å². The number of rotatable bonds is 5. The first-order valence-corrected chi connectivity index (χ1v) is 8.76. The number of nitrogens with one attached hydrogen (secondary N) is 1. The number of aromatic nitrogens is 2. The predicted molar refractivity (Wildman–Crippen MR) is 106 cm³/mol. The highest BCUT2D eigenvalue weighted by Gasteiger charge is 2.12. The number of carbonyl (C=O) groups is 1. The van der Waals surface area contributed by atoms with E-state index in [1.54, 1.807) is 41.3 Å². The summed E-state index contributed by atoms with van der Waals surface area (Å²) < 4.78 is 1.69. The number of halogens is 2. The first-order chi connectivity index (χ1) is 13.1. The molecule has 3 aromatic rings. The molecule has 0 fully saturated rings. The number of nitriles is 1. The van der Waals surface area contributed by atoms with Gasteiger partial charge in [-0.2, -0.15) is 10.4 Å². The van der Waals surface area contributed by atoms with Crippen LogP contribution in [-0.4, -0.2) is 15.7 Å². The number of anilines is 1. The Morgan fingerprint density at radius 3 is 2.56 bits per heavy atom. The molecule has 3 rings (SSSR count). The normalized spacial score (nSPS) is 11.1. The zero-order chi connectivity index (χ0) is 19.2. The highest BCUT2D eigenvalue weighted by Crippen LogP contribution is 2.21. The van der Waals surface area contributed by atoms with Crippen molar-refractivity contribution in [3.8, 4) is 6.07 Å². The Kier molecular flexibility index (Phi) is 5.92. The zero-order valence-electron chi connectivity index (χ0n) is 14.1. The van der Waals surface area contributed by atoms with Crippen molar-refractivity contribution in [1.29, 1.82) is 5.26 Å². The van der Waals surface area contributed by atoms with Gasteiger partial charge < -0.3 is 5.32 Å². The van der Waals surface area contributed by atoms with Gasteiger partial charge in [-0.15, -0.1) is 0 Å². The number of benzene rings is 2. The first kappa shape index (κ1) is 18.7. The average molecular weight is 397 g/mol. The average Bonchev–Trinajstić information content (AvgIpc) is 3.10. The van der Waals surface area contributed by atoms with Crippen LogP contribution in [0.2, 0.25) is 10.0 Å². The van der Waals surface area contributed by atoms with Crippen molar-refractivity contribution in [3.05, 3.63) is 87.7 Å². The number of amides is 1. The molecule has 2 aromatic carbocycles. The molecule has 1 aromatic heterocycles. The molecule has 1 N–H and O–H groups in total. The lowest BCUT2D eigenvalue weighted by Crippen LogP contribution is -2.13. The van der Waals surface area contributed by atoms with E-state index in [1.807, 2.05) is 30.3 Å². The van der Waals surface area contributed by atoms with E-state index in [0.29, 0.717) is 27.8 Å². The van der Waals surface area contributed by atoms with Crippen molar-refractivity contribution < 1.29 is 4.79 Å². The van der Waals surface area contributed by atoms with Crippen LogP contribution in [0.25, 0.3) is 6.08 Å². The maximum atomic E-state index is 12.3. The van der Waals surface area contributed by atoms with Crippen LogP contribution in [0.15, 0.2) is 66.5 Å². The molecule has 0 saturated carbocycles. The lowest BCUT2D eigenvalue weighted by Gasteiger charge is -2.05. The molecule has 0 saturated heterocycles. The summed E-state index contributed by atoms with van der Waals surface area (Å²) in [7, 11) is 0. The smallest absolute Gasteiger partial charge is 0.266 e. The molecule has 0 aliphatic rings. The number of para-hydroxylation sites is 1. The summed E-state index contributed by atoms with van der Waals surface area (Å²) in [5.74, 6) is -0.538. The van der Waals surface area contributed by atoms with E-state index < -0.39 is 5.91 Å². The van der Waals surface area contributed by atoms with Gasteiger partial charge in [-0.3, -0.25) is 9.48 Å². The van der Waals surface area contributed by atoms with Gasteiger partial charge in [0.25, 0.3) is 5.91 Å². The molecule has 0 aliphatic carbocycles. The second kappa shape index (κ2) is 8.54. The van der Waals surface area contributed by atoms with Crippen molar-refractivity contribution in [3.63, 3.8) is 0 Å². The highest BCUT2D eigenvalue weighted by atomic mass is 35.5. The van der Waals surface area contributed by atoms with E-state index in [2.05, 4.69) is 10.4 Å². The quantitative estimate of drug-likeness (QED) is 0.497. The molecule has 5 nitrogen and oxygen atoms in total. The lowest BCUT2D eigenvalue weighted by molar-refractivity contribution is -0.112. The van der Waals surface area contributed by atoms with E-state index in [0.717, 1.165) is 5.56 Å². The topological polar surface area (TPSA) is 70.7 Å². The summed E-state index contributed by atoms with van der Waals surface area (Å²) >= 11 is 12.2. The van der Waals surface area contributed by atoms with Gasteiger partial charge in [0, 0.05) is 16.8 Å². The van der Waals surface area contributed by atoms with Gasteiger partial charge in [-0.05, 0) is 29.8 Å². The second-order valence-electron chi connectivity index (χ2n) is 5.67. The van der Waals surface area contributed by atoms with Crippen molar-refractivity contribution in [2.75, 3.05) is 5.32 Å². The predicted octanol–water partition coefficient (Wildman–Crippen LogP) is 4.78. The third kappa shape index (κ3) is 4.76. The Bertz CT molecular complexity index is 1050. The van der Waals surface area contributed by atoms with Gasteiger partial charge in [0.1, 0.15) is 11.6 Å². The van der Waals surface area contributed by atoms with Crippen LogP contribution >= 0.6 is 23.2 Å². The van der Waals surface area contributed by atoms with Crippen molar-refractivity contribution in [2.45, 2.75) is 6.54 Å². The summed E-state index contributed by atoms with van der Waals surface area (Å²) in [4.78, 5) is 12.3. The number of hydrogen-bond donors (Lipinski definition) is 1. The second-order valence-corrected chi connectivity index (χ2v) is 6.48. The fraction of sp³-hybridized carbons (Fsp3) is 0.0500. The van der Waals surface area contributed by atoms with Crippen LogP contribution in [0.1, 0.15) is 11.1 Å². The molecule has 0 spiro atoms. The van der Waals surface area contributed by atoms with Crippen LogP contribution in [-0.2, 0) is 11.3 Å². The number of hydrogen-bond acceptors (Lipinski definition) is 3. The molecule has 1 amide bonds. The Hall–Kier alpha value is -3.07. The first-order valence-electron chi connectivity index (χ1n) is 8.00.